The highest BCUT2D eigenvalue weighted by molar-refractivity contribution is 8.00. The molecule has 1 N–H and O–H groups in total. The summed E-state index contributed by atoms with van der Waals surface area (Å²) in [7, 11) is 0. The molecule has 1 fully saturated rings. The van der Waals surface area contributed by atoms with Crippen molar-refractivity contribution in [2.45, 2.75) is 31.7 Å². The summed E-state index contributed by atoms with van der Waals surface area (Å²) in [6.45, 7) is 5.79. The Kier molecular flexibility index (Phi) is 6.10. The molecule has 1 atom stereocenters. The van der Waals surface area contributed by atoms with Gasteiger partial charge in [-0.15, -0.1) is 23.1 Å². The SMILES string of the molecule is CCOC(=O)c1c(-c2ccccc2)csc1NC(=O)C1CSC(C)(C)N1C=O. The molecule has 0 aliphatic carbocycles. The van der Waals surface area contributed by atoms with E-state index in [1.54, 1.807) is 18.7 Å². The van der Waals surface area contributed by atoms with Crippen LogP contribution in [-0.2, 0) is 14.3 Å². The van der Waals surface area contributed by atoms with Gasteiger partial charge in [0, 0.05) is 16.7 Å². The zero-order valence-electron chi connectivity index (χ0n) is 15.9. The van der Waals surface area contributed by atoms with Crippen LogP contribution in [0.2, 0.25) is 0 Å². The van der Waals surface area contributed by atoms with E-state index in [0.29, 0.717) is 28.3 Å². The molecule has 0 saturated carbocycles. The number of thiophene rings is 1. The quantitative estimate of drug-likeness (QED) is 0.570. The van der Waals surface area contributed by atoms with Crippen LogP contribution in [0.5, 0.6) is 0 Å². The van der Waals surface area contributed by atoms with Crippen LogP contribution in [0.4, 0.5) is 5.00 Å². The number of thioether (sulfide) groups is 1. The van der Waals surface area contributed by atoms with Crippen LogP contribution in [0.3, 0.4) is 0 Å². The first-order chi connectivity index (χ1) is 13.4. The summed E-state index contributed by atoms with van der Waals surface area (Å²) in [4.78, 5) is 38.1. The largest absolute Gasteiger partial charge is 0.462 e. The van der Waals surface area contributed by atoms with Gasteiger partial charge in [-0.05, 0) is 26.3 Å². The Bertz CT molecular complexity index is 880. The van der Waals surface area contributed by atoms with E-state index in [-0.39, 0.29) is 12.5 Å². The van der Waals surface area contributed by atoms with Crippen molar-refractivity contribution >= 4 is 46.4 Å². The predicted octanol–water partition coefficient (Wildman–Crippen LogP) is 3.84. The van der Waals surface area contributed by atoms with Crippen molar-refractivity contribution in [3.8, 4) is 11.1 Å². The molecule has 8 heteroatoms. The highest BCUT2D eigenvalue weighted by Gasteiger charge is 2.43. The minimum absolute atomic E-state index is 0.239. The number of esters is 1. The zero-order chi connectivity index (χ0) is 20.3. The van der Waals surface area contributed by atoms with Gasteiger partial charge in [-0.1, -0.05) is 30.3 Å². The van der Waals surface area contributed by atoms with E-state index < -0.39 is 16.9 Å². The Balaban J connectivity index is 1.92. The normalized spacial score (nSPS) is 18.0. The summed E-state index contributed by atoms with van der Waals surface area (Å²) in [5.74, 6) is -0.285. The van der Waals surface area contributed by atoms with E-state index in [1.165, 1.54) is 16.2 Å². The molecular formula is C20H22N2O4S2. The molecule has 2 amide bonds. The Hall–Kier alpha value is -2.32. The second-order valence-electron chi connectivity index (χ2n) is 6.72. The third-order valence-electron chi connectivity index (χ3n) is 4.56. The predicted molar refractivity (Wildman–Crippen MR) is 113 cm³/mol. The Morgan fingerprint density at radius 3 is 2.68 bits per heavy atom. The fourth-order valence-electron chi connectivity index (χ4n) is 3.10. The molecular weight excluding hydrogens is 396 g/mol. The molecule has 0 bridgehead atoms. The molecule has 6 nitrogen and oxygen atoms in total. The third kappa shape index (κ3) is 3.93. The fraction of sp³-hybridized carbons (Fsp3) is 0.350. The van der Waals surface area contributed by atoms with E-state index in [0.717, 1.165) is 5.56 Å². The van der Waals surface area contributed by atoms with Gasteiger partial charge >= 0.3 is 5.97 Å². The van der Waals surface area contributed by atoms with Crippen LogP contribution in [0, 0.1) is 0 Å². The summed E-state index contributed by atoms with van der Waals surface area (Å²) >= 11 is 2.82. The number of benzene rings is 1. The standard InChI is InChI=1S/C20H22N2O4S2/c1-4-26-19(25)16-14(13-8-6-5-7-9-13)10-27-18(16)21-17(24)15-11-28-20(2,3)22(15)12-23/h5-10,12,15H,4,11H2,1-3H3,(H,21,24). The fourth-order valence-corrected chi connectivity index (χ4v) is 5.25. The Labute approximate surface area is 172 Å². The van der Waals surface area contributed by atoms with Gasteiger partial charge in [0.1, 0.15) is 16.6 Å². The first-order valence-electron chi connectivity index (χ1n) is 8.91. The van der Waals surface area contributed by atoms with Crippen LogP contribution >= 0.6 is 23.1 Å². The molecule has 2 aromatic rings. The molecule has 0 spiro atoms. The monoisotopic (exact) mass is 418 g/mol. The number of amides is 2. The van der Waals surface area contributed by atoms with Crippen molar-refractivity contribution in [2.24, 2.45) is 0 Å². The van der Waals surface area contributed by atoms with E-state index >= 15 is 0 Å². The van der Waals surface area contributed by atoms with Crippen LogP contribution in [0.15, 0.2) is 35.7 Å². The van der Waals surface area contributed by atoms with Crippen molar-refractivity contribution in [3.05, 3.63) is 41.3 Å². The topological polar surface area (TPSA) is 75.7 Å². The number of anilines is 1. The second-order valence-corrected chi connectivity index (χ2v) is 9.22. The highest BCUT2D eigenvalue weighted by Crippen LogP contribution is 2.39. The molecule has 1 unspecified atom stereocenters. The van der Waals surface area contributed by atoms with Crippen molar-refractivity contribution in [2.75, 3.05) is 17.7 Å². The Morgan fingerprint density at radius 1 is 1.32 bits per heavy atom. The lowest BCUT2D eigenvalue weighted by Gasteiger charge is -2.30. The highest BCUT2D eigenvalue weighted by atomic mass is 32.2. The van der Waals surface area contributed by atoms with Crippen LogP contribution in [-0.4, -0.2) is 46.5 Å². The number of nitrogens with zero attached hydrogens (tertiary/aromatic N) is 1. The molecule has 1 aromatic heterocycles. The molecule has 1 aliphatic rings. The van der Waals surface area contributed by atoms with Gasteiger partial charge in [-0.25, -0.2) is 4.79 Å². The third-order valence-corrected chi connectivity index (χ3v) is 6.86. The maximum atomic E-state index is 12.9. The first kappa shape index (κ1) is 20.4. The van der Waals surface area contributed by atoms with Crippen molar-refractivity contribution in [1.82, 2.24) is 4.90 Å². The van der Waals surface area contributed by atoms with E-state index in [1.807, 2.05) is 49.6 Å². The summed E-state index contributed by atoms with van der Waals surface area (Å²) in [6, 6.07) is 8.90. The molecule has 1 aliphatic heterocycles. The lowest BCUT2D eigenvalue weighted by molar-refractivity contribution is -0.130. The molecule has 3 rings (SSSR count). The lowest BCUT2D eigenvalue weighted by Crippen LogP contribution is -2.47. The van der Waals surface area contributed by atoms with Gasteiger partial charge in [0.25, 0.3) is 0 Å². The number of nitrogens with one attached hydrogen (secondary N) is 1. The van der Waals surface area contributed by atoms with Crippen LogP contribution < -0.4 is 5.32 Å². The molecule has 148 valence electrons. The average Bonchev–Trinajstić information content (AvgIpc) is 3.22. The average molecular weight is 419 g/mol. The van der Waals surface area contributed by atoms with E-state index in [2.05, 4.69) is 5.32 Å². The number of hydrogen-bond donors (Lipinski definition) is 1. The van der Waals surface area contributed by atoms with Gasteiger partial charge in [0.05, 0.1) is 11.5 Å². The van der Waals surface area contributed by atoms with Gasteiger partial charge < -0.3 is 15.0 Å². The smallest absolute Gasteiger partial charge is 0.341 e. The minimum atomic E-state index is -0.588. The minimum Gasteiger partial charge on any atom is -0.462 e. The van der Waals surface area contributed by atoms with E-state index in [4.69, 9.17) is 4.74 Å². The maximum absolute atomic E-state index is 12.9. The van der Waals surface area contributed by atoms with Crippen LogP contribution in [0.25, 0.3) is 11.1 Å². The van der Waals surface area contributed by atoms with Gasteiger partial charge in [0.15, 0.2) is 0 Å². The number of hydrogen-bond acceptors (Lipinski definition) is 6. The maximum Gasteiger partial charge on any atom is 0.341 e. The van der Waals surface area contributed by atoms with Crippen molar-refractivity contribution < 1.29 is 19.1 Å². The van der Waals surface area contributed by atoms with Crippen molar-refractivity contribution in [1.29, 1.82) is 0 Å². The molecule has 0 radical (unpaired) electrons. The number of carbonyl (C=O) groups excluding carboxylic acids is 3. The van der Waals surface area contributed by atoms with Gasteiger partial charge in [0.2, 0.25) is 12.3 Å². The van der Waals surface area contributed by atoms with Gasteiger partial charge in [-0.2, -0.15) is 0 Å². The number of ether oxygens (including phenoxy) is 1. The van der Waals surface area contributed by atoms with E-state index in [9.17, 15) is 14.4 Å². The number of carbonyl (C=O) groups is 3. The molecule has 28 heavy (non-hydrogen) atoms. The Morgan fingerprint density at radius 2 is 2.04 bits per heavy atom. The summed E-state index contributed by atoms with van der Waals surface area (Å²) in [6.07, 6.45) is 0.709. The van der Waals surface area contributed by atoms with Gasteiger partial charge in [-0.3, -0.25) is 9.59 Å². The molecule has 1 aromatic carbocycles. The molecule has 1 saturated heterocycles. The zero-order valence-corrected chi connectivity index (χ0v) is 17.6. The second kappa shape index (κ2) is 8.36. The summed E-state index contributed by atoms with van der Waals surface area (Å²) < 4.78 is 5.22. The van der Waals surface area contributed by atoms with Crippen LogP contribution in [0.1, 0.15) is 31.1 Å². The number of rotatable bonds is 6. The first-order valence-corrected chi connectivity index (χ1v) is 10.8. The molecule has 2 heterocycles. The summed E-state index contributed by atoms with van der Waals surface area (Å²) in [5, 5.41) is 5.12. The van der Waals surface area contributed by atoms with Crippen molar-refractivity contribution in [3.63, 3.8) is 0 Å². The summed E-state index contributed by atoms with van der Waals surface area (Å²) in [5.41, 5.74) is 1.93. The lowest BCUT2D eigenvalue weighted by atomic mass is 10.0.